The number of rotatable bonds is 2. The molecule has 0 aromatic carbocycles. The fourth-order valence-corrected chi connectivity index (χ4v) is 0.849. The van der Waals surface area contributed by atoms with Crippen molar-refractivity contribution in [1.29, 1.82) is 0 Å². The van der Waals surface area contributed by atoms with Crippen molar-refractivity contribution in [3.8, 4) is 12.3 Å². The van der Waals surface area contributed by atoms with Gasteiger partial charge in [0.15, 0.2) is 0 Å². The highest BCUT2D eigenvalue weighted by Gasteiger charge is 1.88. The molecule has 0 unspecified atom stereocenters. The zero-order chi connectivity index (χ0) is 6.41. The molecule has 0 saturated heterocycles. The fraction of sp³-hybridized carbons (Fsp3) is 0.500. The van der Waals surface area contributed by atoms with Crippen LogP contribution >= 0.6 is 24.0 Å². The van der Waals surface area contributed by atoms with Crippen molar-refractivity contribution in [2.45, 2.75) is 13.3 Å². The summed E-state index contributed by atoms with van der Waals surface area (Å²) in [7, 11) is 0. The predicted molar refractivity (Wildman–Crippen MR) is 44.2 cm³/mol. The third kappa shape index (κ3) is 4.17. The van der Waals surface area contributed by atoms with Crippen molar-refractivity contribution in [1.82, 2.24) is 0 Å². The highest BCUT2D eigenvalue weighted by Crippen LogP contribution is 2.05. The number of hydrogen-bond donors (Lipinski definition) is 0. The monoisotopic (exact) mass is 144 g/mol. The summed E-state index contributed by atoms with van der Waals surface area (Å²) in [5.74, 6) is 3.22. The van der Waals surface area contributed by atoms with Crippen LogP contribution in [0, 0.1) is 12.3 Å². The molecule has 0 fully saturated rings. The largest absolute Gasteiger partial charge is 0.119 e. The van der Waals surface area contributed by atoms with E-state index in [0.717, 1.165) is 10.6 Å². The molecule has 0 spiro atoms. The minimum absolute atomic E-state index is 0.715. The summed E-state index contributed by atoms with van der Waals surface area (Å²) in [4.78, 5) is 0. The van der Waals surface area contributed by atoms with Gasteiger partial charge in [-0.3, -0.25) is 0 Å². The maximum Gasteiger partial charge on any atom is 0.0597 e. The standard InChI is InChI=1S/C6H8S2/c1-3-5-8-6(7)4-2/h1H,4-5H2,2H3. The Balaban J connectivity index is 3.15. The van der Waals surface area contributed by atoms with Crippen LogP contribution in [0.3, 0.4) is 0 Å². The Morgan fingerprint density at radius 2 is 2.50 bits per heavy atom. The second-order valence-corrected chi connectivity index (χ2v) is 3.04. The Labute approximate surface area is 60.0 Å². The van der Waals surface area contributed by atoms with Crippen LogP contribution < -0.4 is 0 Å². The average molecular weight is 144 g/mol. The summed E-state index contributed by atoms with van der Waals surface area (Å²) in [5.41, 5.74) is 0. The first-order valence-electron chi connectivity index (χ1n) is 2.40. The van der Waals surface area contributed by atoms with E-state index in [9.17, 15) is 0 Å². The van der Waals surface area contributed by atoms with E-state index in [1.165, 1.54) is 0 Å². The molecule has 0 radical (unpaired) electrons. The van der Waals surface area contributed by atoms with Crippen LogP contribution in [0.2, 0.25) is 0 Å². The van der Waals surface area contributed by atoms with E-state index >= 15 is 0 Å². The van der Waals surface area contributed by atoms with Gasteiger partial charge in [0.05, 0.1) is 5.75 Å². The van der Waals surface area contributed by atoms with Gasteiger partial charge >= 0.3 is 0 Å². The molecule has 0 aliphatic heterocycles. The first-order chi connectivity index (χ1) is 3.81. The molecule has 2 heteroatoms. The Kier molecular flexibility index (Phi) is 5.14. The zero-order valence-corrected chi connectivity index (χ0v) is 6.44. The fourth-order valence-electron chi connectivity index (χ4n) is 0.224. The zero-order valence-electron chi connectivity index (χ0n) is 4.81. The molecule has 0 heterocycles. The van der Waals surface area contributed by atoms with E-state index in [4.69, 9.17) is 18.6 Å². The minimum Gasteiger partial charge on any atom is -0.119 e. The van der Waals surface area contributed by atoms with Crippen molar-refractivity contribution in [3.05, 3.63) is 0 Å². The van der Waals surface area contributed by atoms with Gasteiger partial charge in [-0.1, -0.05) is 25.1 Å². The lowest BCUT2D eigenvalue weighted by molar-refractivity contribution is 1.35. The van der Waals surface area contributed by atoms with E-state index < -0.39 is 0 Å². The van der Waals surface area contributed by atoms with Crippen LogP contribution in [0.1, 0.15) is 13.3 Å². The second kappa shape index (κ2) is 5.14. The normalized spacial score (nSPS) is 8.00. The molecule has 0 N–H and O–H groups in total. The van der Waals surface area contributed by atoms with E-state index in [1.807, 2.05) is 6.92 Å². The Bertz CT molecular complexity index is 110. The SMILES string of the molecule is C#CCSC(=S)CC. The summed E-state index contributed by atoms with van der Waals surface area (Å²) in [6, 6.07) is 0. The molecular formula is C6H8S2. The molecule has 0 aromatic rings. The first-order valence-corrected chi connectivity index (χ1v) is 3.79. The number of thiocarbonyl (C=S) groups is 1. The second-order valence-electron chi connectivity index (χ2n) is 1.22. The third-order valence-electron chi connectivity index (χ3n) is 0.605. The highest BCUT2D eigenvalue weighted by molar-refractivity contribution is 8.23. The van der Waals surface area contributed by atoms with Gasteiger partial charge in [0.25, 0.3) is 0 Å². The smallest absolute Gasteiger partial charge is 0.0597 e. The van der Waals surface area contributed by atoms with Crippen LogP contribution in [-0.4, -0.2) is 9.95 Å². The van der Waals surface area contributed by atoms with Crippen LogP contribution in [0.25, 0.3) is 0 Å². The summed E-state index contributed by atoms with van der Waals surface area (Å²) in [6.07, 6.45) is 5.95. The molecule has 0 saturated carbocycles. The van der Waals surface area contributed by atoms with Gasteiger partial charge in [-0.2, -0.15) is 0 Å². The lowest BCUT2D eigenvalue weighted by atomic mass is 10.6. The Morgan fingerprint density at radius 3 is 2.88 bits per heavy atom. The van der Waals surface area contributed by atoms with Gasteiger partial charge < -0.3 is 0 Å². The van der Waals surface area contributed by atoms with Gasteiger partial charge in [0.2, 0.25) is 0 Å². The molecule has 0 amide bonds. The van der Waals surface area contributed by atoms with Gasteiger partial charge in [0, 0.05) is 4.20 Å². The van der Waals surface area contributed by atoms with E-state index in [2.05, 4.69) is 5.92 Å². The van der Waals surface area contributed by atoms with Gasteiger partial charge in [-0.05, 0) is 6.42 Å². The molecule has 0 nitrogen and oxygen atoms in total. The quantitative estimate of drug-likeness (QED) is 0.430. The van der Waals surface area contributed by atoms with Crippen molar-refractivity contribution in [3.63, 3.8) is 0 Å². The van der Waals surface area contributed by atoms with Gasteiger partial charge in [0.1, 0.15) is 0 Å². The van der Waals surface area contributed by atoms with Gasteiger partial charge in [-0.15, -0.1) is 18.2 Å². The molecule has 0 aromatic heterocycles. The van der Waals surface area contributed by atoms with Gasteiger partial charge in [-0.25, -0.2) is 0 Å². The molecule has 0 aliphatic carbocycles. The molecular weight excluding hydrogens is 136 g/mol. The predicted octanol–water partition coefficient (Wildman–Crippen LogP) is 2.09. The van der Waals surface area contributed by atoms with E-state index in [-0.39, 0.29) is 0 Å². The number of thioether (sulfide) groups is 1. The molecule has 0 atom stereocenters. The minimum atomic E-state index is 0.715. The van der Waals surface area contributed by atoms with Crippen LogP contribution in [0.5, 0.6) is 0 Å². The maximum atomic E-state index is 5.00. The molecule has 8 heavy (non-hydrogen) atoms. The molecule has 0 rings (SSSR count). The topological polar surface area (TPSA) is 0 Å². The summed E-state index contributed by atoms with van der Waals surface area (Å²) in [6.45, 7) is 2.03. The molecule has 0 bridgehead atoms. The Morgan fingerprint density at radius 1 is 1.88 bits per heavy atom. The summed E-state index contributed by atoms with van der Waals surface area (Å²) < 4.78 is 1.00. The van der Waals surface area contributed by atoms with Crippen molar-refractivity contribution in [2.24, 2.45) is 0 Å². The van der Waals surface area contributed by atoms with Crippen molar-refractivity contribution in [2.75, 3.05) is 5.75 Å². The Hall–Kier alpha value is -0.0000000000000000278. The van der Waals surface area contributed by atoms with E-state index in [0.29, 0.717) is 5.75 Å². The number of hydrogen-bond acceptors (Lipinski definition) is 2. The lowest BCUT2D eigenvalue weighted by Gasteiger charge is -1.91. The number of terminal acetylenes is 1. The molecule has 44 valence electrons. The van der Waals surface area contributed by atoms with Crippen LogP contribution in [-0.2, 0) is 0 Å². The third-order valence-corrected chi connectivity index (χ3v) is 2.17. The summed E-state index contributed by atoms with van der Waals surface area (Å²) >= 11 is 6.46. The van der Waals surface area contributed by atoms with Crippen molar-refractivity contribution < 1.29 is 0 Å². The molecule has 0 aliphatic rings. The first kappa shape index (κ1) is 8.00. The van der Waals surface area contributed by atoms with Crippen LogP contribution in [0.15, 0.2) is 0 Å². The summed E-state index contributed by atoms with van der Waals surface area (Å²) in [5, 5.41) is 0. The lowest BCUT2D eigenvalue weighted by Crippen LogP contribution is -1.83. The maximum absolute atomic E-state index is 5.00. The van der Waals surface area contributed by atoms with Crippen molar-refractivity contribution >= 4 is 28.2 Å². The van der Waals surface area contributed by atoms with Crippen LogP contribution in [0.4, 0.5) is 0 Å². The average Bonchev–Trinajstić information content (AvgIpc) is 1.83. The van der Waals surface area contributed by atoms with E-state index in [1.54, 1.807) is 11.8 Å². The highest BCUT2D eigenvalue weighted by atomic mass is 32.2.